The van der Waals surface area contributed by atoms with Crippen molar-refractivity contribution in [2.45, 2.75) is 25.6 Å². The van der Waals surface area contributed by atoms with Gasteiger partial charge in [0.15, 0.2) is 4.80 Å². The molecule has 26 heavy (non-hydrogen) atoms. The van der Waals surface area contributed by atoms with E-state index in [1.165, 1.54) is 11.3 Å². The minimum atomic E-state index is -0.652. The molecule has 2 aliphatic heterocycles. The van der Waals surface area contributed by atoms with Gasteiger partial charge < -0.3 is 4.74 Å². The Labute approximate surface area is 154 Å². The lowest BCUT2D eigenvalue weighted by Crippen LogP contribution is -2.54. The zero-order chi connectivity index (χ0) is 17.9. The van der Waals surface area contributed by atoms with Crippen molar-refractivity contribution in [2.24, 2.45) is 10.9 Å². The highest BCUT2D eigenvalue weighted by atomic mass is 32.1. The molecule has 3 heterocycles. The van der Waals surface area contributed by atoms with Crippen molar-refractivity contribution in [3.05, 3.63) is 85.4 Å². The third-order valence-electron chi connectivity index (χ3n) is 5.40. The maximum atomic E-state index is 13.2. The summed E-state index contributed by atoms with van der Waals surface area (Å²) < 4.78 is 8.80. The summed E-state index contributed by atoms with van der Waals surface area (Å²) in [7, 11) is 0. The van der Waals surface area contributed by atoms with Crippen molar-refractivity contribution in [3.63, 3.8) is 0 Å². The largest absolute Gasteiger partial charge is 0.466 e. The first kappa shape index (κ1) is 15.6. The number of rotatable bonds is 1. The van der Waals surface area contributed by atoms with Gasteiger partial charge in [-0.15, -0.1) is 0 Å². The molecule has 3 aromatic rings. The van der Waals surface area contributed by atoms with Gasteiger partial charge in [0.05, 0.1) is 10.6 Å². The van der Waals surface area contributed by atoms with Crippen LogP contribution in [0.25, 0.3) is 6.08 Å². The predicted molar refractivity (Wildman–Crippen MR) is 102 cm³/mol. The summed E-state index contributed by atoms with van der Waals surface area (Å²) in [6.07, 6.45) is 1.94. The number of para-hydroxylation sites is 1. The van der Waals surface area contributed by atoms with Gasteiger partial charge in [0.25, 0.3) is 5.56 Å². The average molecular weight is 362 g/mol. The summed E-state index contributed by atoms with van der Waals surface area (Å²) in [5.41, 5.74) is 1.44. The quantitative estimate of drug-likeness (QED) is 0.668. The Morgan fingerprint density at radius 1 is 1.15 bits per heavy atom. The molecule has 2 aromatic carbocycles. The van der Waals surface area contributed by atoms with E-state index in [1.807, 2.05) is 66.1 Å². The Morgan fingerprint density at radius 3 is 2.69 bits per heavy atom. The predicted octanol–water partition coefficient (Wildman–Crippen LogP) is 2.71. The molecule has 0 aliphatic carbocycles. The second-order valence-corrected chi connectivity index (χ2v) is 8.03. The standard InChI is InChI=1S/C21H18N2O2S/c1-13-18-15-10-6-7-11-16(15)25-21(13,2)22-20-23(18)19(24)17(26-20)12-14-8-4-3-5-9-14/h3-13,18H,1-2H3/b17-12-/t13-,18+,21-/m1/s1. The summed E-state index contributed by atoms with van der Waals surface area (Å²) in [6, 6.07) is 17.8. The second-order valence-electron chi connectivity index (χ2n) is 7.02. The number of hydrogen-bond acceptors (Lipinski definition) is 4. The Morgan fingerprint density at radius 2 is 1.88 bits per heavy atom. The minimum absolute atomic E-state index is 0.0215. The van der Waals surface area contributed by atoms with E-state index in [2.05, 4.69) is 13.0 Å². The van der Waals surface area contributed by atoms with Gasteiger partial charge in [-0.1, -0.05) is 66.8 Å². The molecule has 0 N–H and O–H groups in total. The van der Waals surface area contributed by atoms with Gasteiger partial charge in [-0.25, -0.2) is 4.99 Å². The second kappa shape index (κ2) is 5.42. The summed E-state index contributed by atoms with van der Waals surface area (Å²) in [6.45, 7) is 4.12. The Balaban J connectivity index is 1.80. The first-order valence-corrected chi connectivity index (χ1v) is 9.54. The van der Waals surface area contributed by atoms with E-state index in [4.69, 9.17) is 9.73 Å². The van der Waals surface area contributed by atoms with Crippen molar-refractivity contribution in [1.29, 1.82) is 0 Å². The number of ether oxygens (including phenoxy) is 1. The highest BCUT2D eigenvalue weighted by Crippen LogP contribution is 2.46. The van der Waals surface area contributed by atoms with Gasteiger partial charge in [-0.2, -0.15) is 0 Å². The van der Waals surface area contributed by atoms with Crippen molar-refractivity contribution >= 4 is 17.4 Å². The lowest BCUT2D eigenvalue weighted by Gasteiger charge is -2.45. The number of nitrogens with zero attached hydrogens (tertiary/aromatic N) is 2. The fraction of sp³-hybridized carbons (Fsp3) is 0.238. The highest BCUT2D eigenvalue weighted by Gasteiger charge is 2.48. The molecule has 0 radical (unpaired) electrons. The molecule has 0 saturated heterocycles. The van der Waals surface area contributed by atoms with E-state index in [1.54, 1.807) is 0 Å². The number of fused-ring (bicyclic) bond motifs is 6. The lowest BCUT2D eigenvalue weighted by atomic mass is 9.83. The Kier molecular flexibility index (Phi) is 3.25. The van der Waals surface area contributed by atoms with Gasteiger partial charge in [-0.05, 0) is 24.6 Å². The SMILES string of the molecule is C[C@@H]1[C@H]2c3ccccc3O[C@@]1(C)N=c1s/c(=C\c3ccccc3)c(=O)n12. The van der Waals surface area contributed by atoms with E-state index in [-0.39, 0.29) is 17.5 Å². The minimum Gasteiger partial charge on any atom is -0.466 e. The van der Waals surface area contributed by atoms with Crippen LogP contribution < -0.4 is 19.6 Å². The molecule has 0 saturated carbocycles. The molecular formula is C21H18N2O2S. The van der Waals surface area contributed by atoms with E-state index < -0.39 is 5.72 Å². The summed E-state index contributed by atoms with van der Waals surface area (Å²) in [5, 5.41) is 0. The number of benzene rings is 2. The molecule has 0 spiro atoms. The van der Waals surface area contributed by atoms with E-state index >= 15 is 0 Å². The fourth-order valence-electron chi connectivity index (χ4n) is 3.88. The van der Waals surface area contributed by atoms with Gasteiger partial charge in [0.2, 0.25) is 5.72 Å². The number of thiazole rings is 1. The lowest BCUT2D eigenvalue weighted by molar-refractivity contribution is -0.0121. The van der Waals surface area contributed by atoms with Crippen LogP contribution in [-0.4, -0.2) is 10.3 Å². The van der Waals surface area contributed by atoms with Crippen LogP contribution in [0.15, 0.2) is 64.4 Å². The molecule has 0 unspecified atom stereocenters. The van der Waals surface area contributed by atoms with Crippen LogP contribution in [0, 0.1) is 5.92 Å². The molecular weight excluding hydrogens is 344 g/mol. The molecule has 5 rings (SSSR count). The van der Waals surface area contributed by atoms with Crippen LogP contribution in [-0.2, 0) is 0 Å². The van der Waals surface area contributed by atoms with E-state index in [0.717, 1.165) is 21.7 Å². The topological polar surface area (TPSA) is 43.6 Å². The Bertz CT molecular complexity index is 1180. The van der Waals surface area contributed by atoms with Crippen LogP contribution in [0.2, 0.25) is 0 Å². The van der Waals surface area contributed by atoms with Gasteiger partial charge >= 0.3 is 0 Å². The van der Waals surface area contributed by atoms with Crippen LogP contribution >= 0.6 is 11.3 Å². The van der Waals surface area contributed by atoms with Crippen LogP contribution in [0.5, 0.6) is 5.75 Å². The molecule has 0 fully saturated rings. The molecule has 1 aromatic heterocycles. The molecule has 0 amide bonds. The van der Waals surface area contributed by atoms with Crippen LogP contribution in [0.4, 0.5) is 0 Å². The molecule has 3 atom stereocenters. The fourth-order valence-corrected chi connectivity index (χ4v) is 4.98. The van der Waals surface area contributed by atoms with E-state index in [9.17, 15) is 4.79 Å². The van der Waals surface area contributed by atoms with Gasteiger partial charge in [0.1, 0.15) is 5.75 Å². The van der Waals surface area contributed by atoms with Crippen molar-refractivity contribution in [2.75, 3.05) is 0 Å². The maximum absolute atomic E-state index is 13.2. The monoisotopic (exact) mass is 362 g/mol. The number of hydrogen-bond donors (Lipinski definition) is 0. The van der Waals surface area contributed by atoms with Crippen LogP contribution in [0.3, 0.4) is 0 Å². The smallest absolute Gasteiger partial charge is 0.270 e. The van der Waals surface area contributed by atoms with E-state index in [0.29, 0.717) is 4.53 Å². The first-order chi connectivity index (χ1) is 12.6. The molecule has 130 valence electrons. The molecule has 4 nitrogen and oxygen atoms in total. The number of aromatic nitrogens is 1. The van der Waals surface area contributed by atoms with Gasteiger partial charge in [0, 0.05) is 11.5 Å². The molecule has 2 bridgehead atoms. The Hall–Kier alpha value is -2.66. The van der Waals surface area contributed by atoms with Crippen molar-refractivity contribution in [3.8, 4) is 5.75 Å². The third-order valence-corrected chi connectivity index (χ3v) is 6.39. The third kappa shape index (κ3) is 2.13. The van der Waals surface area contributed by atoms with Gasteiger partial charge in [-0.3, -0.25) is 9.36 Å². The normalized spacial score (nSPS) is 26.5. The summed E-state index contributed by atoms with van der Waals surface area (Å²) >= 11 is 1.44. The van der Waals surface area contributed by atoms with Crippen molar-refractivity contribution < 1.29 is 4.74 Å². The zero-order valence-electron chi connectivity index (χ0n) is 14.5. The van der Waals surface area contributed by atoms with Crippen LogP contribution in [0.1, 0.15) is 31.0 Å². The molecule has 5 heteroatoms. The highest BCUT2D eigenvalue weighted by molar-refractivity contribution is 7.07. The van der Waals surface area contributed by atoms with Crippen molar-refractivity contribution in [1.82, 2.24) is 4.57 Å². The average Bonchev–Trinajstić information content (AvgIpc) is 2.91. The maximum Gasteiger partial charge on any atom is 0.270 e. The summed E-state index contributed by atoms with van der Waals surface area (Å²) in [5.74, 6) is 0.890. The first-order valence-electron chi connectivity index (χ1n) is 8.73. The zero-order valence-corrected chi connectivity index (χ0v) is 15.4. The molecule has 2 aliphatic rings. The summed E-state index contributed by atoms with van der Waals surface area (Å²) in [4.78, 5) is 18.8.